The number of unbranched alkanes of at least 4 members (excludes halogenated alkanes) is 1. The second-order valence-electron chi connectivity index (χ2n) is 5.78. The minimum absolute atomic E-state index is 0.133. The maximum absolute atomic E-state index is 11.8. The quantitative estimate of drug-likeness (QED) is 0.690. The van der Waals surface area contributed by atoms with Crippen LogP contribution in [0.4, 0.5) is 4.79 Å². The molecule has 0 spiro atoms. The highest BCUT2D eigenvalue weighted by Crippen LogP contribution is 2.15. The molecule has 0 aromatic heterocycles. The molecular formula is C14H27N3O3. The summed E-state index contributed by atoms with van der Waals surface area (Å²) in [6.45, 7) is 6.87. The largest absolute Gasteiger partial charge is 0.481 e. The van der Waals surface area contributed by atoms with Gasteiger partial charge in [0, 0.05) is 25.7 Å². The molecule has 20 heavy (non-hydrogen) atoms. The minimum Gasteiger partial charge on any atom is -0.481 e. The highest BCUT2D eigenvalue weighted by Gasteiger charge is 2.30. The van der Waals surface area contributed by atoms with E-state index in [4.69, 9.17) is 5.11 Å². The average molecular weight is 285 g/mol. The second kappa shape index (κ2) is 8.09. The summed E-state index contributed by atoms with van der Waals surface area (Å²) in [7, 11) is 2.10. The zero-order chi connectivity index (χ0) is 15.1. The third-order valence-corrected chi connectivity index (χ3v) is 3.92. The van der Waals surface area contributed by atoms with Crippen LogP contribution in [0, 0.1) is 5.92 Å². The molecule has 116 valence electrons. The Bertz CT molecular complexity index is 334. The number of carboxylic acids is 1. The van der Waals surface area contributed by atoms with Crippen molar-refractivity contribution in [2.75, 3.05) is 33.2 Å². The van der Waals surface area contributed by atoms with Gasteiger partial charge in [-0.25, -0.2) is 4.79 Å². The number of nitrogens with one attached hydrogen (secondary N) is 1. The Balaban J connectivity index is 2.11. The van der Waals surface area contributed by atoms with Gasteiger partial charge in [-0.1, -0.05) is 0 Å². The molecule has 1 rings (SSSR count). The van der Waals surface area contributed by atoms with Crippen molar-refractivity contribution in [2.24, 2.45) is 5.92 Å². The van der Waals surface area contributed by atoms with E-state index in [0.717, 1.165) is 19.4 Å². The van der Waals surface area contributed by atoms with E-state index in [9.17, 15) is 9.59 Å². The normalized spacial score (nSPS) is 18.9. The molecule has 1 atom stereocenters. The summed E-state index contributed by atoms with van der Waals surface area (Å²) in [6.07, 6.45) is 2.55. The summed E-state index contributed by atoms with van der Waals surface area (Å²) in [5, 5.41) is 11.8. The summed E-state index contributed by atoms with van der Waals surface area (Å²) in [5.74, 6) is -1.21. The van der Waals surface area contributed by atoms with Gasteiger partial charge in [0.05, 0.1) is 5.92 Å². The summed E-state index contributed by atoms with van der Waals surface area (Å²) in [6, 6.07) is 0.410. The first-order valence-electron chi connectivity index (χ1n) is 7.37. The molecule has 0 aromatic carbocycles. The molecular weight excluding hydrogens is 258 g/mol. The smallest absolute Gasteiger partial charge is 0.317 e. The predicted molar refractivity (Wildman–Crippen MR) is 77.7 cm³/mol. The van der Waals surface area contributed by atoms with Crippen LogP contribution in [0.25, 0.3) is 0 Å². The molecule has 0 radical (unpaired) electrons. The molecule has 1 saturated heterocycles. The predicted octanol–water partition coefficient (Wildman–Crippen LogP) is 1.22. The molecule has 0 saturated carbocycles. The Hall–Kier alpha value is -1.30. The highest BCUT2D eigenvalue weighted by atomic mass is 16.4. The number of carboxylic acid groups (broad SMARTS) is 1. The average Bonchev–Trinajstić information content (AvgIpc) is 2.87. The summed E-state index contributed by atoms with van der Waals surface area (Å²) >= 11 is 0. The van der Waals surface area contributed by atoms with E-state index in [0.29, 0.717) is 32.1 Å². The summed E-state index contributed by atoms with van der Waals surface area (Å²) in [5.41, 5.74) is 0. The number of amides is 2. The van der Waals surface area contributed by atoms with E-state index in [1.807, 2.05) is 0 Å². The molecule has 1 unspecified atom stereocenters. The van der Waals surface area contributed by atoms with Gasteiger partial charge in [-0.05, 0) is 46.7 Å². The second-order valence-corrected chi connectivity index (χ2v) is 5.78. The molecule has 1 heterocycles. The van der Waals surface area contributed by atoms with Crippen LogP contribution in [0.1, 0.15) is 33.1 Å². The first-order valence-corrected chi connectivity index (χ1v) is 7.37. The van der Waals surface area contributed by atoms with Gasteiger partial charge in [-0.2, -0.15) is 0 Å². The van der Waals surface area contributed by atoms with Crippen molar-refractivity contribution >= 4 is 12.0 Å². The fourth-order valence-electron chi connectivity index (χ4n) is 2.20. The maximum Gasteiger partial charge on any atom is 0.317 e. The number of likely N-dealkylation sites (tertiary alicyclic amines) is 1. The van der Waals surface area contributed by atoms with E-state index >= 15 is 0 Å². The minimum atomic E-state index is -0.808. The standard InChI is InChI=1S/C14H27N3O3/c1-11(2)16(3)8-5-4-7-15-14(20)17-9-6-12(10-17)13(18)19/h11-12H,4-10H2,1-3H3,(H,15,20)(H,18,19). The van der Waals surface area contributed by atoms with Crippen LogP contribution in [0.5, 0.6) is 0 Å². The van der Waals surface area contributed by atoms with Crippen molar-refractivity contribution in [3.05, 3.63) is 0 Å². The zero-order valence-electron chi connectivity index (χ0n) is 12.8. The Kier molecular flexibility index (Phi) is 6.78. The van der Waals surface area contributed by atoms with Gasteiger partial charge >= 0.3 is 12.0 Å². The number of hydrogen-bond acceptors (Lipinski definition) is 3. The fourth-order valence-corrected chi connectivity index (χ4v) is 2.20. The van der Waals surface area contributed by atoms with Crippen LogP contribution >= 0.6 is 0 Å². The Morgan fingerprint density at radius 2 is 2.10 bits per heavy atom. The van der Waals surface area contributed by atoms with E-state index in [1.165, 1.54) is 0 Å². The third-order valence-electron chi connectivity index (χ3n) is 3.92. The van der Waals surface area contributed by atoms with Crippen molar-refractivity contribution in [3.8, 4) is 0 Å². The van der Waals surface area contributed by atoms with Crippen LogP contribution in [0.2, 0.25) is 0 Å². The van der Waals surface area contributed by atoms with E-state index < -0.39 is 11.9 Å². The van der Waals surface area contributed by atoms with Crippen molar-refractivity contribution < 1.29 is 14.7 Å². The van der Waals surface area contributed by atoms with E-state index in [-0.39, 0.29) is 6.03 Å². The summed E-state index contributed by atoms with van der Waals surface area (Å²) < 4.78 is 0. The molecule has 0 aliphatic carbocycles. The lowest BCUT2D eigenvalue weighted by Gasteiger charge is -2.21. The first kappa shape index (κ1) is 16.8. The highest BCUT2D eigenvalue weighted by molar-refractivity contribution is 5.77. The molecule has 2 N–H and O–H groups in total. The molecule has 1 aliphatic heterocycles. The number of rotatable bonds is 7. The van der Waals surface area contributed by atoms with Crippen molar-refractivity contribution in [2.45, 2.75) is 39.2 Å². The van der Waals surface area contributed by atoms with Gasteiger partial charge in [0.1, 0.15) is 0 Å². The number of hydrogen-bond donors (Lipinski definition) is 2. The zero-order valence-corrected chi connectivity index (χ0v) is 12.8. The lowest BCUT2D eigenvalue weighted by atomic mass is 10.1. The van der Waals surface area contributed by atoms with Crippen LogP contribution in [0.3, 0.4) is 0 Å². The van der Waals surface area contributed by atoms with Crippen molar-refractivity contribution in [1.82, 2.24) is 15.1 Å². The van der Waals surface area contributed by atoms with E-state index in [1.54, 1.807) is 4.90 Å². The summed E-state index contributed by atoms with van der Waals surface area (Å²) in [4.78, 5) is 26.5. The third kappa shape index (κ3) is 5.36. The van der Waals surface area contributed by atoms with Gasteiger partial charge in [-0.3, -0.25) is 4.79 Å². The lowest BCUT2D eigenvalue weighted by Crippen LogP contribution is -2.39. The number of carbonyl (C=O) groups is 2. The monoisotopic (exact) mass is 285 g/mol. The Morgan fingerprint density at radius 3 is 2.65 bits per heavy atom. The number of aliphatic carboxylic acids is 1. The van der Waals surface area contributed by atoms with Crippen LogP contribution in [-0.4, -0.2) is 66.2 Å². The van der Waals surface area contributed by atoms with Gasteiger partial charge in [0.2, 0.25) is 0 Å². The molecule has 0 aromatic rings. The molecule has 1 aliphatic rings. The van der Waals surface area contributed by atoms with Crippen LogP contribution in [0.15, 0.2) is 0 Å². The van der Waals surface area contributed by atoms with Crippen LogP contribution in [-0.2, 0) is 4.79 Å². The number of urea groups is 1. The molecule has 6 nitrogen and oxygen atoms in total. The molecule has 1 fully saturated rings. The van der Waals surface area contributed by atoms with Gasteiger partial charge < -0.3 is 20.2 Å². The molecule has 2 amide bonds. The molecule has 0 bridgehead atoms. The van der Waals surface area contributed by atoms with Crippen LogP contribution < -0.4 is 5.32 Å². The Labute approximate surface area is 121 Å². The topological polar surface area (TPSA) is 72.9 Å². The number of carbonyl (C=O) groups excluding carboxylic acids is 1. The fraction of sp³-hybridized carbons (Fsp3) is 0.857. The van der Waals surface area contributed by atoms with Gasteiger partial charge in [-0.15, -0.1) is 0 Å². The maximum atomic E-state index is 11.8. The Morgan fingerprint density at radius 1 is 1.40 bits per heavy atom. The first-order chi connectivity index (χ1) is 9.41. The SMILES string of the molecule is CC(C)N(C)CCCCNC(=O)N1CCC(C(=O)O)C1. The molecule has 6 heteroatoms. The lowest BCUT2D eigenvalue weighted by molar-refractivity contribution is -0.141. The van der Waals surface area contributed by atoms with Crippen molar-refractivity contribution in [1.29, 1.82) is 0 Å². The van der Waals surface area contributed by atoms with Crippen molar-refractivity contribution in [3.63, 3.8) is 0 Å². The number of nitrogens with zero attached hydrogens (tertiary/aromatic N) is 2. The van der Waals surface area contributed by atoms with Gasteiger partial charge in [0.25, 0.3) is 0 Å². The van der Waals surface area contributed by atoms with Gasteiger partial charge in [0.15, 0.2) is 0 Å². The van der Waals surface area contributed by atoms with E-state index in [2.05, 4.69) is 31.1 Å².